The van der Waals surface area contributed by atoms with Gasteiger partial charge in [0.05, 0.1) is 24.9 Å². The first kappa shape index (κ1) is 19.9. The smallest absolute Gasteiger partial charge is 0.289 e. The topological polar surface area (TPSA) is 53.4 Å². The van der Waals surface area contributed by atoms with E-state index < -0.39 is 5.54 Å². The van der Waals surface area contributed by atoms with Crippen LogP contribution in [-0.2, 0) is 23.5 Å². The van der Waals surface area contributed by atoms with E-state index in [9.17, 15) is 4.79 Å². The third-order valence-electron chi connectivity index (χ3n) is 3.43. The molecule has 0 aliphatic heterocycles. The van der Waals surface area contributed by atoms with Crippen molar-refractivity contribution in [2.75, 3.05) is 11.9 Å². The maximum Gasteiger partial charge on any atom is 0.289 e. The first-order chi connectivity index (χ1) is 11.8. The summed E-state index contributed by atoms with van der Waals surface area (Å²) in [7, 11) is 0. The Labute approximate surface area is 161 Å². The van der Waals surface area contributed by atoms with Gasteiger partial charge in [-0.05, 0) is 31.9 Å². The van der Waals surface area contributed by atoms with Crippen molar-refractivity contribution in [3.05, 3.63) is 57.0 Å². The molecule has 0 saturated heterocycles. The molecule has 0 saturated carbocycles. The van der Waals surface area contributed by atoms with Crippen LogP contribution in [0.15, 0.2) is 35.3 Å². The average molecular weight is 430 g/mol. The minimum absolute atomic E-state index is 0.0460. The minimum atomic E-state index is -0.439. The van der Waals surface area contributed by atoms with Crippen LogP contribution in [-0.4, -0.2) is 21.7 Å². The number of alkyl halides is 1. The van der Waals surface area contributed by atoms with Gasteiger partial charge in [-0.25, -0.2) is 4.68 Å². The maximum atomic E-state index is 12.3. The van der Waals surface area contributed by atoms with Gasteiger partial charge in [0, 0.05) is 5.33 Å². The van der Waals surface area contributed by atoms with Gasteiger partial charge in [-0.15, -0.1) is 0 Å². The van der Waals surface area contributed by atoms with Crippen LogP contribution < -0.4 is 10.3 Å². The van der Waals surface area contributed by atoms with Crippen molar-refractivity contribution in [2.45, 2.75) is 39.5 Å². The Morgan fingerprint density at radius 1 is 1.16 bits per heavy atom. The van der Waals surface area contributed by atoms with E-state index in [4.69, 9.17) is 21.1 Å². The zero-order valence-corrected chi connectivity index (χ0v) is 16.9. The molecule has 0 spiro atoms. The lowest BCUT2D eigenvalue weighted by atomic mass is 10.1. The van der Waals surface area contributed by atoms with Crippen molar-refractivity contribution in [2.24, 2.45) is 0 Å². The van der Waals surface area contributed by atoms with E-state index in [0.717, 1.165) is 16.5 Å². The van der Waals surface area contributed by atoms with Gasteiger partial charge in [0.2, 0.25) is 0 Å². The zero-order chi connectivity index (χ0) is 18.4. The molecule has 0 atom stereocenters. The predicted octanol–water partition coefficient (Wildman–Crippen LogP) is 4.14. The quantitative estimate of drug-likeness (QED) is 0.490. The van der Waals surface area contributed by atoms with Crippen LogP contribution in [0.25, 0.3) is 0 Å². The van der Waals surface area contributed by atoms with E-state index in [-0.39, 0.29) is 16.3 Å². The Kier molecular flexibility index (Phi) is 7.04. The number of nitrogens with zero attached hydrogens (tertiary/aromatic N) is 2. The fourth-order valence-electron chi connectivity index (χ4n) is 2.13. The van der Waals surface area contributed by atoms with Gasteiger partial charge in [-0.2, -0.15) is 5.10 Å². The van der Waals surface area contributed by atoms with E-state index in [2.05, 4.69) is 21.0 Å². The first-order valence-electron chi connectivity index (χ1n) is 7.95. The molecule has 0 N–H and O–H groups in total. The summed E-state index contributed by atoms with van der Waals surface area (Å²) in [6.45, 7) is 7.23. The van der Waals surface area contributed by atoms with Gasteiger partial charge in [-0.1, -0.05) is 51.8 Å². The highest BCUT2D eigenvalue weighted by Gasteiger charge is 2.19. The van der Waals surface area contributed by atoms with Crippen LogP contribution in [0.4, 0.5) is 0 Å². The summed E-state index contributed by atoms with van der Waals surface area (Å²) in [6.07, 6.45) is 1.48. The zero-order valence-electron chi connectivity index (χ0n) is 14.6. The summed E-state index contributed by atoms with van der Waals surface area (Å²) in [5.74, 6) is 0.289. The SMILES string of the molecule is CC(C)(C)n1ncc(OCc2ccc(COCCBr)cc2)c(Cl)c1=O. The highest BCUT2D eigenvalue weighted by atomic mass is 79.9. The van der Waals surface area contributed by atoms with Gasteiger partial charge in [0.15, 0.2) is 10.8 Å². The number of rotatable bonds is 7. The molecule has 1 aromatic carbocycles. The van der Waals surface area contributed by atoms with Crippen molar-refractivity contribution < 1.29 is 9.47 Å². The van der Waals surface area contributed by atoms with Crippen LogP contribution in [0.1, 0.15) is 31.9 Å². The lowest BCUT2D eigenvalue weighted by molar-refractivity contribution is 0.137. The highest BCUT2D eigenvalue weighted by Crippen LogP contribution is 2.21. The average Bonchev–Trinajstić information content (AvgIpc) is 2.56. The Morgan fingerprint density at radius 2 is 1.76 bits per heavy atom. The normalized spacial score (nSPS) is 11.6. The second kappa shape index (κ2) is 8.83. The van der Waals surface area contributed by atoms with Crippen LogP contribution in [0.2, 0.25) is 5.02 Å². The molecule has 0 amide bonds. The molecule has 136 valence electrons. The third kappa shape index (κ3) is 5.56. The third-order valence-corrected chi connectivity index (χ3v) is 4.10. The molecular formula is C18H22BrClN2O3. The second-order valence-electron chi connectivity index (χ2n) is 6.56. The summed E-state index contributed by atoms with van der Waals surface area (Å²) in [5.41, 5.74) is 1.27. The van der Waals surface area contributed by atoms with Crippen molar-refractivity contribution >= 4 is 27.5 Å². The Hall–Kier alpha value is -1.37. The summed E-state index contributed by atoms with van der Waals surface area (Å²) in [6, 6.07) is 7.91. The number of hydrogen-bond acceptors (Lipinski definition) is 4. The first-order valence-corrected chi connectivity index (χ1v) is 9.45. The van der Waals surface area contributed by atoms with Gasteiger partial charge >= 0.3 is 0 Å². The van der Waals surface area contributed by atoms with Crippen molar-refractivity contribution in [1.29, 1.82) is 0 Å². The van der Waals surface area contributed by atoms with E-state index in [1.165, 1.54) is 10.9 Å². The molecule has 0 radical (unpaired) electrons. The monoisotopic (exact) mass is 428 g/mol. The molecule has 25 heavy (non-hydrogen) atoms. The maximum absolute atomic E-state index is 12.3. The molecule has 7 heteroatoms. The predicted molar refractivity (Wildman–Crippen MR) is 103 cm³/mol. The van der Waals surface area contributed by atoms with Crippen LogP contribution in [0, 0.1) is 0 Å². The van der Waals surface area contributed by atoms with Crippen LogP contribution >= 0.6 is 27.5 Å². The van der Waals surface area contributed by atoms with Gasteiger partial charge in [0.1, 0.15) is 6.61 Å². The number of hydrogen-bond donors (Lipinski definition) is 0. The molecular weight excluding hydrogens is 408 g/mol. The Bertz CT molecular complexity index is 754. The molecule has 0 aliphatic carbocycles. The van der Waals surface area contributed by atoms with Crippen molar-refractivity contribution in [1.82, 2.24) is 9.78 Å². The number of aromatic nitrogens is 2. The lowest BCUT2D eigenvalue weighted by Crippen LogP contribution is -2.36. The van der Waals surface area contributed by atoms with Crippen LogP contribution in [0.3, 0.4) is 0 Å². The molecule has 0 aliphatic rings. The van der Waals surface area contributed by atoms with E-state index in [0.29, 0.717) is 19.8 Å². The van der Waals surface area contributed by atoms with Gasteiger partial charge in [0.25, 0.3) is 5.56 Å². The summed E-state index contributed by atoms with van der Waals surface area (Å²) < 4.78 is 12.5. The summed E-state index contributed by atoms with van der Waals surface area (Å²) in [4.78, 5) is 12.3. The Balaban J connectivity index is 2.02. The fraction of sp³-hybridized carbons (Fsp3) is 0.444. The fourth-order valence-corrected chi connectivity index (χ4v) is 2.55. The Morgan fingerprint density at radius 3 is 2.32 bits per heavy atom. The molecule has 1 heterocycles. The van der Waals surface area contributed by atoms with E-state index in [1.807, 2.05) is 45.0 Å². The van der Waals surface area contributed by atoms with Crippen molar-refractivity contribution in [3.8, 4) is 5.75 Å². The number of halogens is 2. The highest BCUT2D eigenvalue weighted by molar-refractivity contribution is 9.09. The summed E-state index contributed by atoms with van der Waals surface area (Å²) in [5, 5.41) is 5.02. The second-order valence-corrected chi connectivity index (χ2v) is 7.73. The molecule has 0 bridgehead atoms. The van der Waals surface area contributed by atoms with E-state index >= 15 is 0 Å². The molecule has 5 nitrogen and oxygen atoms in total. The minimum Gasteiger partial charge on any atom is -0.485 e. The van der Waals surface area contributed by atoms with Gasteiger partial charge in [-0.3, -0.25) is 4.79 Å². The van der Waals surface area contributed by atoms with Crippen LogP contribution in [0.5, 0.6) is 5.75 Å². The molecule has 1 aromatic heterocycles. The molecule has 2 rings (SSSR count). The number of ether oxygens (including phenoxy) is 2. The largest absolute Gasteiger partial charge is 0.485 e. The van der Waals surface area contributed by atoms with Gasteiger partial charge < -0.3 is 9.47 Å². The standard InChI is InChI=1S/C18H22BrClN2O3/c1-18(2,3)22-17(23)16(20)15(10-21-22)25-12-14-6-4-13(5-7-14)11-24-9-8-19/h4-7,10H,8-9,11-12H2,1-3H3. The lowest BCUT2D eigenvalue weighted by Gasteiger charge is -2.21. The van der Waals surface area contributed by atoms with E-state index in [1.54, 1.807) is 0 Å². The number of benzene rings is 1. The molecule has 0 unspecified atom stereocenters. The molecule has 2 aromatic rings. The van der Waals surface area contributed by atoms with Crippen molar-refractivity contribution in [3.63, 3.8) is 0 Å². The summed E-state index contributed by atoms with van der Waals surface area (Å²) >= 11 is 9.47. The molecule has 0 fully saturated rings.